The maximum atomic E-state index is 12.5. The summed E-state index contributed by atoms with van der Waals surface area (Å²) in [6.45, 7) is 3.83. The lowest BCUT2D eigenvalue weighted by atomic mass is 9.86. The van der Waals surface area contributed by atoms with Crippen molar-refractivity contribution < 1.29 is 20.8 Å². The van der Waals surface area contributed by atoms with Gasteiger partial charge in [0.05, 0.1) is 5.02 Å². The van der Waals surface area contributed by atoms with Gasteiger partial charge in [0.15, 0.2) is 5.82 Å². The van der Waals surface area contributed by atoms with Crippen LogP contribution in [-0.2, 0) is 4.79 Å². The fourth-order valence-corrected chi connectivity index (χ4v) is 3.00. The van der Waals surface area contributed by atoms with E-state index < -0.39 is 30.1 Å². The second-order valence-corrected chi connectivity index (χ2v) is 8.23. The van der Waals surface area contributed by atoms with Gasteiger partial charge in [0.2, 0.25) is 5.91 Å². The number of hydrogen-bond acceptors (Lipinski definition) is 5. The van der Waals surface area contributed by atoms with Crippen molar-refractivity contribution >= 4 is 34.4 Å². The highest BCUT2D eigenvalue weighted by molar-refractivity contribution is 6.31. The summed E-state index contributed by atoms with van der Waals surface area (Å²) in [7, 11) is 0. The Labute approximate surface area is 178 Å². The summed E-state index contributed by atoms with van der Waals surface area (Å²) >= 11 is 6.03. The monoisotopic (exact) mass is 444 g/mol. The van der Waals surface area contributed by atoms with E-state index in [1.165, 1.54) is 12.4 Å². The average Bonchev–Trinajstić information content (AvgIpc) is 3.06. The van der Waals surface area contributed by atoms with Gasteiger partial charge in [0.1, 0.15) is 24.1 Å². The molecule has 0 aliphatic heterocycles. The van der Waals surface area contributed by atoms with E-state index in [0.717, 1.165) is 5.39 Å². The van der Waals surface area contributed by atoms with Gasteiger partial charge in [0.25, 0.3) is 0 Å². The third-order valence-corrected chi connectivity index (χ3v) is 4.48. The van der Waals surface area contributed by atoms with E-state index in [-0.39, 0.29) is 2.85 Å². The SMILES string of the molecule is CC(C)(C)[C@@H](Nc1ccnc(-c2c[nH]c3ncc(Cl)cc23)n1)C(=O)NCC(F)(F)F.[HH].[HH]. The number of nitrogens with zero attached hydrogens (tertiary/aromatic N) is 3. The Bertz CT molecular complexity index is 1070. The number of hydrogen-bond donors (Lipinski definition) is 3. The molecule has 7 nitrogen and oxygen atoms in total. The Hall–Kier alpha value is -2.88. The first-order chi connectivity index (χ1) is 13.9. The van der Waals surface area contributed by atoms with Crippen LogP contribution in [-0.4, -0.2) is 44.6 Å². The van der Waals surface area contributed by atoms with Crippen LogP contribution >= 0.6 is 11.6 Å². The third-order valence-electron chi connectivity index (χ3n) is 4.28. The van der Waals surface area contributed by atoms with Crippen LogP contribution in [0.15, 0.2) is 30.7 Å². The molecule has 3 heterocycles. The molecule has 0 bridgehead atoms. The van der Waals surface area contributed by atoms with E-state index in [4.69, 9.17) is 11.6 Å². The van der Waals surface area contributed by atoms with Gasteiger partial charge in [-0.05, 0) is 17.5 Å². The van der Waals surface area contributed by atoms with Gasteiger partial charge in [-0.2, -0.15) is 13.2 Å². The molecule has 164 valence electrons. The largest absolute Gasteiger partial charge is 0.405 e. The van der Waals surface area contributed by atoms with E-state index in [1.54, 1.807) is 39.1 Å². The Kier molecular flexibility index (Phi) is 5.89. The van der Waals surface area contributed by atoms with Crippen molar-refractivity contribution in [1.82, 2.24) is 25.3 Å². The highest BCUT2D eigenvalue weighted by atomic mass is 35.5. The second-order valence-electron chi connectivity index (χ2n) is 7.79. The number of rotatable bonds is 5. The molecule has 0 aliphatic carbocycles. The fourth-order valence-electron chi connectivity index (χ4n) is 2.84. The summed E-state index contributed by atoms with van der Waals surface area (Å²) < 4.78 is 37.5. The van der Waals surface area contributed by atoms with Crippen molar-refractivity contribution in [2.45, 2.75) is 33.0 Å². The Balaban J connectivity index is 0.00000256. The fraction of sp³-hybridized carbons (Fsp3) is 0.368. The average molecular weight is 445 g/mol. The number of amides is 1. The molecule has 0 aliphatic rings. The normalized spacial score (nSPS) is 13.3. The molecular weight excluding hydrogens is 421 g/mol. The van der Waals surface area contributed by atoms with Crippen molar-refractivity contribution in [3.05, 3.63) is 35.7 Å². The minimum absolute atomic E-state index is 0. The maximum Gasteiger partial charge on any atom is 0.405 e. The number of alkyl halides is 3. The van der Waals surface area contributed by atoms with Crippen LogP contribution < -0.4 is 10.6 Å². The number of fused-ring (bicyclic) bond motifs is 1. The van der Waals surface area contributed by atoms with Gasteiger partial charge in [-0.1, -0.05) is 32.4 Å². The minimum Gasteiger partial charge on any atom is -0.358 e. The molecule has 30 heavy (non-hydrogen) atoms. The van der Waals surface area contributed by atoms with Crippen molar-refractivity contribution in [2.75, 3.05) is 11.9 Å². The standard InChI is InChI=1S/C19H20ClF3N6O.2H2/c1-18(2,3)14(17(30)27-9-19(21,22)23)28-13-4-5-24-16(29-13)12-8-26-15-11(12)6-10(20)7-25-15;;/h4-8,14H,9H2,1-3H3,(H,25,26)(H,27,30)(H,24,28,29);2*1H/t14-;;/m0../s1. The molecule has 0 saturated heterocycles. The smallest absolute Gasteiger partial charge is 0.358 e. The highest BCUT2D eigenvalue weighted by Gasteiger charge is 2.35. The maximum absolute atomic E-state index is 12.5. The third kappa shape index (κ3) is 5.18. The number of carbonyl (C=O) groups is 1. The molecule has 0 unspecified atom stereocenters. The lowest BCUT2D eigenvalue weighted by molar-refractivity contribution is -0.140. The van der Waals surface area contributed by atoms with Crippen LogP contribution in [0, 0.1) is 5.41 Å². The van der Waals surface area contributed by atoms with Crippen LogP contribution in [0.2, 0.25) is 5.02 Å². The number of pyridine rings is 1. The lowest BCUT2D eigenvalue weighted by Gasteiger charge is -2.31. The zero-order chi connectivity index (χ0) is 22.1. The van der Waals surface area contributed by atoms with Gasteiger partial charge < -0.3 is 15.6 Å². The molecule has 11 heteroatoms. The number of halogens is 4. The molecule has 0 aromatic carbocycles. The van der Waals surface area contributed by atoms with E-state index in [9.17, 15) is 18.0 Å². The minimum atomic E-state index is -4.50. The Morgan fingerprint density at radius 2 is 2.03 bits per heavy atom. The van der Waals surface area contributed by atoms with E-state index >= 15 is 0 Å². The summed E-state index contributed by atoms with van der Waals surface area (Å²) in [6, 6.07) is 2.31. The van der Waals surface area contributed by atoms with E-state index in [2.05, 4.69) is 25.3 Å². The molecule has 3 N–H and O–H groups in total. The molecule has 0 spiro atoms. The van der Waals surface area contributed by atoms with Crippen LogP contribution in [0.4, 0.5) is 19.0 Å². The molecule has 3 aromatic rings. The summed E-state index contributed by atoms with van der Waals surface area (Å²) in [6.07, 6.45) is 0.195. The summed E-state index contributed by atoms with van der Waals surface area (Å²) in [4.78, 5) is 28.3. The first-order valence-corrected chi connectivity index (χ1v) is 9.39. The van der Waals surface area contributed by atoms with Crippen LogP contribution in [0.1, 0.15) is 23.6 Å². The van der Waals surface area contributed by atoms with Crippen molar-refractivity contribution in [2.24, 2.45) is 5.41 Å². The molecule has 3 aromatic heterocycles. The predicted octanol–water partition coefficient (Wildman–Crippen LogP) is 4.67. The molecule has 0 saturated carbocycles. The zero-order valence-corrected chi connectivity index (χ0v) is 17.2. The highest BCUT2D eigenvalue weighted by Crippen LogP contribution is 2.28. The summed E-state index contributed by atoms with van der Waals surface area (Å²) in [5.41, 5.74) is 0.576. The molecule has 1 amide bonds. The van der Waals surface area contributed by atoms with Crippen molar-refractivity contribution in [3.63, 3.8) is 0 Å². The van der Waals surface area contributed by atoms with Crippen LogP contribution in [0.3, 0.4) is 0 Å². The summed E-state index contributed by atoms with van der Waals surface area (Å²) in [5, 5.41) is 6.03. The molecular formula is C19H24ClF3N6O. The van der Waals surface area contributed by atoms with E-state index in [1.807, 2.05) is 5.32 Å². The molecule has 3 rings (SSSR count). The molecule has 0 radical (unpaired) electrons. The number of carbonyl (C=O) groups excluding carboxylic acids is 1. The second kappa shape index (κ2) is 8.10. The quantitative estimate of drug-likeness (QED) is 0.531. The first-order valence-electron chi connectivity index (χ1n) is 9.01. The lowest BCUT2D eigenvalue weighted by Crippen LogP contribution is -2.49. The van der Waals surface area contributed by atoms with Gasteiger partial charge in [-0.3, -0.25) is 4.79 Å². The Morgan fingerprint density at radius 3 is 2.70 bits per heavy atom. The zero-order valence-electron chi connectivity index (χ0n) is 16.4. The predicted molar refractivity (Wildman–Crippen MR) is 112 cm³/mol. The Morgan fingerprint density at radius 1 is 1.30 bits per heavy atom. The van der Waals surface area contributed by atoms with E-state index in [0.29, 0.717) is 27.9 Å². The molecule has 1 atom stereocenters. The summed E-state index contributed by atoms with van der Waals surface area (Å²) in [5.74, 6) is -0.131. The van der Waals surface area contributed by atoms with Gasteiger partial charge in [-0.15, -0.1) is 0 Å². The number of aromatic nitrogens is 4. The number of H-pyrrole nitrogens is 1. The topological polar surface area (TPSA) is 95.6 Å². The number of aromatic amines is 1. The van der Waals surface area contributed by atoms with Crippen molar-refractivity contribution in [3.8, 4) is 11.4 Å². The van der Waals surface area contributed by atoms with Gasteiger partial charge in [0, 0.05) is 32.4 Å². The van der Waals surface area contributed by atoms with Crippen LogP contribution in [0.25, 0.3) is 22.4 Å². The first kappa shape index (κ1) is 21.8. The van der Waals surface area contributed by atoms with Crippen LogP contribution in [0.5, 0.6) is 0 Å². The van der Waals surface area contributed by atoms with Gasteiger partial charge >= 0.3 is 6.18 Å². The van der Waals surface area contributed by atoms with Crippen molar-refractivity contribution in [1.29, 1.82) is 0 Å². The molecule has 0 fully saturated rings. The number of nitrogens with one attached hydrogen (secondary N) is 3. The number of anilines is 1. The van der Waals surface area contributed by atoms with Gasteiger partial charge in [-0.25, -0.2) is 15.0 Å².